The van der Waals surface area contributed by atoms with Gasteiger partial charge in [-0.1, -0.05) is 36.4 Å². The van der Waals surface area contributed by atoms with Crippen molar-refractivity contribution < 1.29 is 4.79 Å². The number of hydrogen-bond donors (Lipinski definition) is 0. The second-order valence-electron chi connectivity index (χ2n) is 5.40. The number of aryl methyl sites for hydroxylation is 1. The number of carbonyl (C=O) groups is 1. The van der Waals surface area contributed by atoms with Crippen LogP contribution in [0.25, 0.3) is 0 Å². The van der Waals surface area contributed by atoms with Gasteiger partial charge in [0.05, 0.1) is 5.69 Å². The van der Waals surface area contributed by atoms with Gasteiger partial charge in [-0.05, 0) is 39.1 Å². The third kappa shape index (κ3) is 5.12. The third-order valence-corrected chi connectivity index (χ3v) is 3.42. The van der Waals surface area contributed by atoms with Crippen molar-refractivity contribution in [3.05, 3.63) is 65.5 Å². The van der Waals surface area contributed by atoms with E-state index >= 15 is 0 Å². The Labute approximate surface area is 126 Å². The molecule has 0 atom stereocenters. The molecule has 0 spiro atoms. The number of nitrogens with zero attached hydrogens (tertiary/aromatic N) is 2. The lowest BCUT2D eigenvalue weighted by atomic mass is 10.1. The minimum absolute atomic E-state index is 0.220. The van der Waals surface area contributed by atoms with Gasteiger partial charge in [0.25, 0.3) is 0 Å². The van der Waals surface area contributed by atoms with Crippen molar-refractivity contribution in [1.82, 2.24) is 9.88 Å². The van der Waals surface area contributed by atoms with Crippen LogP contribution < -0.4 is 0 Å². The van der Waals surface area contributed by atoms with Gasteiger partial charge in [-0.3, -0.25) is 9.78 Å². The molecule has 0 saturated heterocycles. The maximum absolute atomic E-state index is 12.0. The first-order chi connectivity index (χ1) is 10.1. The average molecular weight is 282 g/mol. The first kappa shape index (κ1) is 15.4. The number of aromatic nitrogens is 1. The van der Waals surface area contributed by atoms with Gasteiger partial charge in [-0.25, -0.2) is 0 Å². The zero-order valence-electron chi connectivity index (χ0n) is 12.7. The van der Waals surface area contributed by atoms with Crippen LogP contribution in [-0.2, 0) is 6.54 Å². The molecule has 0 unspecified atom stereocenters. The van der Waals surface area contributed by atoms with Crippen molar-refractivity contribution in [2.75, 3.05) is 13.6 Å². The molecule has 3 nitrogen and oxygen atoms in total. The molecule has 1 aromatic heterocycles. The van der Waals surface area contributed by atoms with Crippen LogP contribution in [0.4, 0.5) is 0 Å². The number of carbonyl (C=O) groups excluding carboxylic acids is 1. The van der Waals surface area contributed by atoms with Gasteiger partial charge >= 0.3 is 0 Å². The van der Waals surface area contributed by atoms with Gasteiger partial charge in [0.15, 0.2) is 5.78 Å². The second kappa shape index (κ2) is 7.70. The van der Waals surface area contributed by atoms with Crippen LogP contribution in [0.2, 0.25) is 0 Å². The maximum atomic E-state index is 12.0. The highest BCUT2D eigenvalue weighted by atomic mass is 16.1. The summed E-state index contributed by atoms with van der Waals surface area (Å²) in [6.07, 6.45) is 1.46. The molecule has 3 heteroatoms. The molecule has 0 aliphatic heterocycles. The van der Waals surface area contributed by atoms with E-state index in [1.54, 1.807) is 0 Å². The summed E-state index contributed by atoms with van der Waals surface area (Å²) < 4.78 is 0. The molecule has 2 aromatic rings. The van der Waals surface area contributed by atoms with Crippen LogP contribution in [0.1, 0.15) is 34.6 Å². The van der Waals surface area contributed by atoms with Crippen molar-refractivity contribution in [2.24, 2.45) is 0 Å². The maximum Gasteiger partial charge on any atom is 0.162 e. The van der Waals surface area contributed by atoms with Gasteiger partial charge in [-0.2, -0.15) is 0 Å². The highest BCUT2D eigenvalue weighted by Gasteiger charge is 2.06. The molecule has 2 rings (SSSR count). The van der Waals surface area contributed by atoms with Crippen molar-refractivity contribution >= 4 is 5.78 Å². The van der Waals surface area contributed by atoms with E-state index in [2.05, 4.69) is 16.9 Å². The summed E-state index contributed by atoms with van der Waals surface area (Å²) in [5.41, 5.74) is 2.92. The van der Waals surface area contributed by atoms with Crippen molar-refractivity contribution in [3.63, 3.8) is 0 Å². The molecular formula is C18H22N2O. The minimum atomic E-state index is 0.220. The Kier molecular flexibility index (Phi) is 5.64. The largest absolute Gasteiger partial charge is 0.301 e. The summed E-state index contributed by atoms with van der Waals surface area (Å²) in [6.45, 7) is 3.72. The summed E-state index contributed by atoms with van der Waals surface area (Å²) >= 11 is 0. The number of Topliss-reactive ketones (excluding diaryl/α,β-unsaturated/α-hetero) is 1. The van der Waals surface area contributed by atoms with Gasteiger partial charge < -0.3 is 4.90 Å². The first-order valence-electron chi connectivity index (χ1n) is 7.34. The summed E-state index contributed by atoms with van der Waals surface area (Å²) in [7, 11) is 2.07. The lowest BCUT2D eigenvalue weighted by Gasteiger charge is -2.16. The summed E-state index contributed by atoms with van der Waals surface area (Å²) in [5, 5.41) is 0. The summed E-state index contributed by atoms with van der Waals surface area (Å²) in [6, 6.07) is 15.6. The molecule has 1 heterocycles. The van der Waals surface area contributed by atoms with Crippen LogP contribution in [0.3, 0.4) is 0 Å². The fourth-order valence-corrected chi connectivity index (χ4v) is 2.32. The van der Waals surface area contributed by atoms with Gasteiger partial charge in [0.1, 0.15) is 0 Å². The first-order valence-corrected chi connectivity index (χ1v) is 7.34. The summed E-state index contributed by atoms with van der Waals surface area (Å²) in [4.78, 5) is 18.7. The molecule has 1 aromatic carbocycles. The molecular weight excluding hydrogens is 260 g/mol. The Morgan fingerprint density at radius 2 is 1.86 bits per heavy atom. The predicted octanol–water partition coefficient (Wildman–Crippen LogP) is 3.48. The molecule has 0 aliphatic carbocycles. The zero-order valence-corrected chi connectivity index (χ0v) is 12.7. The molecule has 0 fully saturated rings. The Morgan fingerprint density at radius 1 is 1.10 bits per heavy atom. The van der Waals surface area contributed by atoms with E-state index in [1.165, 1.54) is 0 Å². The standard InChI is InChI=1S/C18H22N2O/c1-15-8-6-11-17(19-15)14-20(2)13-7-12-18(21)16-9-4-3-5-10-16/h3-6,8-11H,7,12-14H2,1-2H3. The van der Waals surface area contributed by atoms with E-state index in [4.69, 9.17) is 0 Å². The highest BCUT2D eigenvalue weighted by Crippen LogP contribution is 2.07. The Hall–Kier alpha value is -2.00. The zero-order chi connectivity index (χ0) is 15.1. The van der Waals surface area contributed by atoms with Crippen molar-refractivity contribution in [2.45, 2.75) is 26.3 Å². The van der Waals surface area contributed by atoms with Crippen LogP contribution >= 0.6 is 0 Å². The highest BCUT2D eigenvalue weighted by molar-refractivity contribution is 5.95. The van der Waals surface area contributed by atoms with E-state index in [0.717, 1.165) is 36.5 Å². The van der Waals surface area contributed by atoms with Crippen LogP contribution in [0.5, 0.6) is 0 Å². The second-order valence-corrected chi connectivity index (χ2v) is 5.40. The average Bonchev–Trinajstić information content (AvgIpc) is 2.48. The van der Waals surface area contributed by atoms with Crippen molar-refractivity contribution in [1.29, 1.82) is 0 Å². The Morgan fingerprint density at radius 3 is 2.57 bits per heavy atom. The fraction of sp³-hybridized carbons (Fsp3) is 0.333. The Bertz CT molecular complexity index is 581. The lowest BCUT2D eigenvalue weighted by molar-refractivity contribution is 0.0976. The minimum Gasteiger partial charge on any atom is -0.301 e. The monoisotopic (exact) mass is 282 g/mol. The van der Waals surface area contributed by atoms with E-state index in [1.807, 2.05) is 55.5 Å². The molecule has 0 bridgehead atoms. The predicted molar refractivity (Wildman–Crippen MR) is 85.3 cm³/mol. The van der Waals surface area contributed by atoms with Crippen LogP contribution in [0.15, 0.2) is 48.5 Å². The number of hydrogen-bond acceptors (Lipinski definition) is 3. The third-order valence-electron chi connectivity index (χ3n) is 3.42. The number of ketones is 1. The number of pyridine rings is 1. The molecule has 0 aliphatic rings. The van der Waals surface area contributed by atoms with Gasteiger partial charge in [0.2, 0.25) is 0 Å². The van der Waals surface area contributed by atoms with E-state index in [9.17, 15) is 4.79 Å². The van der Waals surface area contributed by atoms with Crippen LogP contribution in [0, 0.1) is 6.92 Å². The summed E-state index contributed by atoms with van der Waals surface area (Å²) in [5.74, 6) is 0.220. The topological polar surface area (TPSA) is 33.2 Å². The molecule has 0 amide bonds. The Balaban J connectivity index is 1.74. The molecule has 110 valence electrons. The SMILES string of the molecule is Cc1cccc(CN(C)CCCC(=O)c2ccccc2)n1. The van der Waals surface area contributed by atoms with E-state index in [-0.39, 0.29) is 5.78 Å². The fourth-order valence-electron chi connectivity index (χ4n) is 2.32. The number of rotatable bonds is 7. The van der Waals surface area contributed by atoms with Gasteiger partial charge in [0, 0.05) is 24.2 Å². The van der Waals surface area contributed by atoms with Gasteiger partial charge in [-0.15, -0.1) is 0 Å². The van der Waals surface area contributed by atoms with E-state index in [0.29, 0.717) is 6.42 Å². The van der Waals surface area contributed by atoms with Crippen molar-refractivity contribution in [3.8, 4) is 0 Å². The molecule has 0 saturated carbocycles. The molecule has 21 heavy (non-hydrogen) atoms. The normalized spacial score (nSPS) is 10.8. The quantitative estimate of drug-likeness (QED) is 0.729. The smallest absolute Gasteiger partial charge is 0.162 e. The van der Waals surface area contributed by atoms with Crippen LogP contribution in [-0.4, -0.2) is 29.3 Å². The molecule has 0 N–H and O–H groups in total. The molecule has 0 radical (unpaired) electrons. The number of benzene rings is 1. The van der Waals surface area contributed by atoms with E-state index < -0.39 is 0 Å². The lowest BCUT2D eigenvalue weighted by Crippen LogP contribution is -2.20.